The predicted octanol–water partition coefficient (Wildman–Crippen LogP) is 1.42. The monoisotopic (exact) mass is 306 g/mol. The molecule has 2 saturated heterocycles. The summed E-state index contributed by atoms with van der Waals surface area (Å²) in [4.78, 5) is 16.4. The van der Waals surface area contributed by atoms with Crippen LogP contribution in [0.2, 0.25) is 0 Å². The Morgan fingerprint density at radius 1 is 1.25 bits per heavy atom. The minimum atomic E-state index is 0.0677. The number of piperidine rings is 1. The summed E-state index contributed by atoms with van der Waals surface area (Å²) < 4.78 is 0. The summed E-state index contributed by atoms with van der Waals surface area (Å²) in [6.45, 7) is 5.27. The van der Waals surface area contributed by atoms with Gasteiger partial charge in [0.05, 0.1) is 4.83 Å². The number of halogens is 1. The Balaban J connectivity index is 1.73. The van der Waals surface area contributed by atoms with Gasteiger partial charge in [0.15, 0.2) is 0 Å². The van der Waals surface area contributed by atoms with Crippen LogP contribution in [0.25, 0.3) is 0 Å². The van der Waals surface area contributed by atoms with E-state index in [0.717, 1.165) is 32.5 Å². The molecule has 0 spiro atoms. The van der Waals surface area contributed by atoms with Crippen LogP contribution in [-0.2, 0) is 4.79 Å². The summed E-state index contributed by atoms with van der Waals surface area (Å²) >= 11 is 5.48. The molecule has 3 nitrogen and oxygen atoms in total. The number of nitrogens with zero attached hydrogens (tertiary/aromatic N) is 2. The lowest BCUT2D eigenvalue weighted by atomic mass is 10.1. The minimum Gasteiger partial charge on any atom is -0.340 e. The fourth-order valence-electron chi connectivity index (χ4n) is 2.20. The summed E-state index contributed by atoms with van der Waals surface area (Å²) in [5.74, 6) is 2.78. The Morgan fingerprint density at radius 2 is 2.00 bits per heavy atom. The summed E-state index contributed by atoms with van der Waals surface area (Å²) in [5.41, 5.74) is 0. The molecule has 16 heavy (non-hydrogen) atoms. The van der Waals surface area contributed by atoms with Crippen LogP contribution in [0.4, 0.5) is 0 Å². The lowest BCUT2D eigenvalue weighted by molar-refractivity contribution is -0.132. The molecular weight excluding hydrogens is 288 g/mol. The van der Waals surface area contributed by atoms with E-state index in [1.807, 2.05) is 16.7 Å². The van der Waals surface area contributed by atoms with Crippen molar-refractivity contribution >= 4 is 33.6 Å². The van der Waals surface area contributed by atoms with Crippen molar-refractivity contribution in [2.75, 3.05) is 44.2 Å². The number of rotatable bonds is 3. The molecule has 2 aliphatic rings. The van der Waals surface area contributed by atoms with Crippen molar-refractivity contribution in [3.63, 3.8) is 0 Å². The smallest absolute Gasteiger partial charge is 0.236 e. The Bertz CT molecular complexity index is 246. The van der Waals surface area contributed by atoms with Gasteiger partial charge < -0.3 is 4.90 Å². The second-order valence-electron chi connectivity index (χ2n) is 4.39. The van der Waals surface area contributed by atoms with Gasteiger partial charge in [-0.2, -0.15) is 11.8 Å². The molecule has 2 aliphatic heterocycles. The fraction of sp³-hybridized carbons (Fsp3) is 0.909. The van der Waals surface area contributed by atoms with E-state index in [-0.39, 0.29) is 10.7 Å². The van der Waals surface area contributed by atoms with Gasteiger partial charge in [-0.15, -0.1) is 0 Å². The van der Waals surface area contributed by atoms with E-state index >= 15 is 0 Å². The molecule has 2 fully saturated rings. The molecule has 0 saturated carbocycles. The topological polar surface area (TPSA) is 23.6 Å². The molecule has 0 aromatic carbocycles. The molecule has 0 aliphatic carbocycles. The van der Waals surface area contributed by atoms with Crippen LogP contribution in [0.15, 0.2) is 0 Å². The van der Waals surface area contributed by atoms with Gasteiger partial charge in [0.25, 0.3) is 0 Å². The van der Waals surface area contributed by atoms with Crippen LogP contribution in [0.3, 0.4) is 0 Å². The van der Waals surface area contributed by atoms with E-state index in [0.29, 0.717) is 0 Å². The summed E-state index contributed by atoms with van der Waals surface area (Å²) in [7, 11) is 0. The van der Waals surface area contributed by atoms with Crippen LogP contribution in [0.5, 0.6) is 0 Å². The van der Waals surface area contributed by atoms with E-state index in [1.165, 1.54) is 24.6 Å². The van der Waals surface area contributed by atoms with Crippen LogP contribution in [-0.4, -0.2) is 64.8 Å². The van der Waals surface area contributed by atoms with Crippen molar-refractivity contribution in [1.82, 2.24) is 9.80 Å². The fourth-order valence-corrected chi connectivity index (χ4v) is 3.79. The first kappa shape index (κ1) is 12.7. The van der Waals surface area contributed by atoms with Gasteiger partial charge in [-0.3, -0.25) is 9.69 Å². The number of alkyl halides is 1. The minimum absolute atomic E-state index is 0.0677. The van der Waals surface area contributed by atoms with Crippen LogP contribution in [0, 0.1) is 0 Å². The molecule has 1 atom stereocenters. The number of hydrogen-bond donors (Lipinski definition) is 0. The van der Waals surface area contributed by atoms with Gasteiger partial charge >= 0.3 is 0 Å². The van der Waals surface area contributed by atoms with Crippen molar-refractivity contribution in [1.29, 1.82) is 0 Å². The molecule has 2 heterocycles. The number of carbonyl (C=O) groups is 1. The summed E-state index contributed by atoms with van der Waals surface area (Å²) in [6.07, 6.45) is 2.13. The molecule has 5 heteroatoms. The van der Waals surface area contributed by atoms with E-state index in [1.54, 1.807) is 0 Å². The Labute approximate surface area is 110 Å². The zero-order chi connectivity index (χ0) is 11.4. The highest BCUT2D eigenvalue weighted by Gasteiger charge is 2.26. The van der Waals surface area contributed by atoms with Gasteiger partial charge in [-0.1, -0.05) is 15.9 Å². The average Bonchev–Trinajstić information content (AvgIpc) is 2.32. The molecule has 0 radical (unpaired) electrons. The lowest BCUT2D eigenvalue weighted by Crippen LogP contribution is -2.46. The normalized spacial score (nSPS) is 28.4. The third-order valence-electron chi connectivity index (χ3n) is 3.26. The van der Waals surface area contributed by atoms with Crippen LogP contribution >= 0.6 is 27.7 Å². The van der Waals surface area contributed by atoms with Crippen LogP contribution in [0.1, 0.15) is 12.8 Å². The molecule has 1 unspecified atom stereocenters. The number of hydrogen-bond acceptors (Lipinski definition) is 3. The highest BCUT2D eigenvalue weighted by atomic mass is 79.9. The molecule has 0 aromatic heterocycles. The highest BCUT2D eigenvalue weighted by molar-refractivity contribution is 9.10. The first-order valence-corrected chi connectivity index (χ1v) is 8.07. The Hall–Kier alpha value is 0.260. The largest absolute Gasteiger partial charge is 0.340 e. The number of thioether (sulfide) groups is 1. The van der Waals surface area contributed by atoms with E-state index in [4.69, 9.17) is 0 Å². The molecular formula is C11H19BrN2OS. The van der Waals surface area contributed by atoms with Gasteiger partial charge in [0, 0.05) is 44.2 Å². The van der Waals surface area contributed by atoms with Crippen molar-refractivity contribution in [2.24, 2.45) is 0 Å². The standard InChI is InChI=1S/C11H19BrN2OS/c12-10-2-1-3-14(11(10)15)5-4-13-6-8-16-9-7-13/h10H,1-9H2. The zero-order valence-electron chi connectivity index (χ0n) is 9.53. The zero-order valence-corrected chi connectivity index (χ0v) is 11.9. The summed E-state index contributed by atoms with van der Waals surface area (Å²) in [6, 6.07) is 0. The third kappa shape index (κ3) is 3.37. The maximum Gasteiger partial charge on any atom is 0.236 e. The first-order valence-electron chi connectivity index (χ1n) is 6.00. The van der Waals surface area contributed by atoms with Crippen molar-refractivity contribution < 1.29 is 4.79 Å². The number of likely N-dealkylation sites (tertiary alicyclic amines) is 1. The van der Waals surface area contributed by atoms with Gasteiger partial charge in [0.1, 0.15) is 0 Å². The molecule has 0 N–H and O–H groups in total. The van der Waals surface area contributed by atoms with Crippen LogP contribution < -0.4 is 0 Å². The van der Waals surface area contributed by atoms with Crippen molar-refractivity contribution in [3.8, 4) is 0 Å². The quantitative estimate of drug-likeness (QED) is 0.737. The molecule has 0 bridgehead atoms. The average molecular weight is 307 g/mol. The predicted molar refractivity (Wildman–Crippen MR) is 72.3 cm³/mol. The Kier molecular flexibility index (Phi) is 4.97. The molecule has 1 amide bonds. The Morgan fingerprint density at radius 3 is 2.75 bits per heavy atom. The molecule has 92 valence electrons. The first-order chi connectivity index (χ1) is 7.77. The van der Waals surface area contributed by atoms with Gasteiger partial charge in [-0.25, -0.2) is 0 Å². The maximum absolute atomic E-state index is 11.9. The van der Waals surface area contributed by atoms with Gasteiger partial charge in [-0.05, 0) is 12.8 Å². The second kappa shape index (κ2) is 6.26. The second-order valence-corrected chi connectivity index (χ2v) is 6.72. The van der Waals surface area contributed by atoms with Crippen molar-refractivity contribution in [2.45, 2.75) is 17.7 Å². The highest BCUT2D eigenvalue weighted by Crippen LogP contribution is 2.18. The van der Waals surface area contributed by atoms with E-state index < -0.39 is 0 Å². The lowest BCUT2D eigenvalue weighted by Gasteiger charge is -2.33. The number of amides is 1. The third-order valence-corrected chi connectivity index (χ3v) is 5.05. The summed E-state index contributed by atoms with van der Waals surface area (Å²) in [5, 5.41) is 0. The molecule has 2 rings (SSSR count). The molecule has 0 aromatic rings. The number of carbonyl (C=O) groups excluding carboxylic acids is 1. The maximum atomic E-state index is 11.9. The van der Waals surface area contributed by atoms with E-state index in [9.17, 15) is 4.79 Å². The van der Waals surface area contributed by atoms with Gasteiger partial charge in [0.2, 0.25) is 5.91 Å². The van der Waals surface area contributed by atoms with E-state index in [2.05, 4.69) is 20.8 Å². The van der Waals surface area contributed by atoms with Crippen molar-refractivity contribution in [3.05, 3.63) is 0 Å². The SMILES string of the molecule is O=C1C(Br)CCCN1CCN1CCSCC1.